The van der Waals surface area contributed by atoms with E-state index in [1.54, 1.807) is 25.3 Å². The molecule has 0 aromatic heterocycles. The van der Waals surface area contributed by atoms with Gasteiger partial charge >= 0.3 is 5.97 Å². The fraction of sp³-hybridized carbons (Fsp3) is 0.417. The van der Waals surface area contributed by atoms with E-state index in [4.69, 9.17) is 26.2 Å². The van der Waals surface area contributed by atoms with Crippen LogP contribution in [0, 0.1) is 11.8 Å². The summed E-state index contributed by atoms with van der Waals surface area (Å²) in [5.74, 6) is 0.352. The molecule has 3 rings (SSSR count). The zero-order chi connectivity index (χ0) is 22.4. The van der Waals surface area contributed by atoms with Gasteiger partial charge in [-0.1, -0.05) is 29.8 Å². The predicted molar refractivity (Wildman–Crippen MR) is 119 cm³/mol. The number of hydrogen-bond donors (Lipinski definition) is 2. The third kappa shape index (κ3) is 5.91. The lowest BCUT2D eigenvalue weighted by molar-refractivity contribution is -0.143. The first-order valence-electron chi connectivity index (χ1n) is 10.5. The highest BCUT2D eigenvalue weighted by Gasteiger charge is 2.26. The molecule has 0 radical (unpaired) electrons. The van der Waals surface area contributed by atoms with E-state index < -0.39 is 5.97 Å². The van der Waals surface area contributed by atoms with E-state index in [1.807, 2.05) is 31.2 Å². The molecule has 6 nitrogen and oxygen atoms in total. The Bertz CT molecular complexity index is 924. The maximum Gasteiger partial charge on any atom is 0.306 e. The molecule has 1 atom stereocenters. The number of benzene rings is 2. The lowest BCUT2D eigenvalue weighted by Crippen LogP contribution is -2.32. The van der Waals surface area contributed by atoms with Gasteiger partial charge in [-0.2, -0.15) is 0 Å². The molecule has 0 spiro atoms. The Morgan fingerprint density at radius 2 is 1.84 bits per heavy atom. The summed E-state index contributed by atoms with van der Waals surface area (Å²) >= 11 is 6.38. The minimum atomic E-state index is -0.723. The number of carbonyl (C=O) groups excluding carboxylic acids is 1. The average molecular weight is 446 g/mol. The van der Waals surface area contributed by atoms with E-state index >= 15 is 0 Å². The third-order valence-electron chi connectivity index (χ3n) is 5.82. The molecule has 1 aliphatic carbocycles. The number of ether oxygens (including phenoxy) is 2. The molecule has 166 valence electrons. The van der Waals surface area contributed by atoms with Crippen molar-refractivity contribution in [3.63, 3.8) is 0 Å². The van der Waals surface area contributed by atoms with Crippen molar-refractivity contribution >= 4 is 23.5 Å². The summed E-state index contributed by atoms with van der Waals surface area (Å²) in [6.07, 6.45) is 2.67. The molecule has 2 N–H and O–H groups in total. The van der Waals surface area contributed by atoms with Gasteiger partial charge in [0.1, 0.15) is 17.6 Å². The number of carbonyl (C=O) groups is 2. The second-order valence-corrected chi connectivity index (χ2v) is 8.32. The molecule has 31 heavy (non-hydrogen) atoms. The number of carboxylic acid groups (broad SMARTS) is 1. The fourth-order valence-electron chi connectivity index (χ4n) is 3.95. The van der Waals surface area contributed by atoms with E-state index in [0.717, 1.165) is 24.2 Å². The molecule has 1 amide bonds. The summed E-state index contributed by atoms with van der Waals surface area (Å²) in [5, 5.41) is 12.4. The summed E-state index contributed by atoms with van der Waals surface area (Å²) in [6.45, 7) is 2.44. The lowest BCUT2D eigenvalue weighted by atomic mass is 9.82. The minimum absolute atomic E-state index is 0.202. The molecule has 0 saturated heterocycles. The largest absolute Gasteiger partial charge is 0.496 e. The first kappa shape index (κ1) is 22.9. The van der Waals surface area contributed by atoms with Gasteiger partial charge < -0.3 is 19.9 Å². The number of carboxylic acids is 1. The van der Waals surface area contributed by atoms with Crippen LogP contribution < -0.4 is 14.8 Å². The van der Waals surface area contributed by atoms with Crippen LogP contribution in [-0.2, 0) is 4.79 Å². The Balaban J connectivity index is 1.56. The molecule has 1 unspecified atom stereocenters. The minimum Gasteiger partial charge on any atom is -0.496 e. The van der Waals surface area contributed by atoms with Crippen molar-refractivity contribution in [1.82, 2.24) is 5.32 Å². The summed E-state index contributed by atoms with van der Waals surface area (Å²) in [6, 6.07) is 12.6. The second-order valence-electron chi connectivity index (χ2n) is 7.91. The molecule has 1 saturated carbocycles. The van der Waals surface area contributed by atoms with Crippen molar-refractivity contribution in [3.8, 4) is 11.5 Å². The molecule has 0 aliphatic heterocycles. The fourth-order valence-corrected chi connectivity index (χ4v) is 4.17. The zero-order valence-electron chi connectivity index (χ0n) is 17.8. The topological polar surface area (TPSA) is 84.9 Å². The molecule has 2 aromatic carbocycles. The number of nitrogens with one attached hydrogen (secondary N) is 1. The maximum atomic E-state index is 12.5. The average Bonchev–Trinajstić information content (AvgIpc) is 2.78. The van der Waals surface area contributed by atoms with Gasteiger partial charge in [0.25, 0.3) is 5.91 Å². The first-order valence-corrected chi connectivity index (χ1v) is 10.9. The van der Waals surface area contributed by atoms with Gasteiger partial charge in [-0.25, -0.2) is 0 Å². The van der Waals surface area contributed by atoms with Gasteiger partial charge in [-0.05, 0) is 62.8 Å². The molecule has 2 aromatic rings. The van der Waals surface area contributed by atoms with Gasteiger partial charge in [0, 0.05) is 17.7 Å². The Morgan fingerprint density at radius 1 is 1.13 bits per heavy atom. The number of methoxy groups -OCH3 is 1. The maximum absolute atomic E-state index is 12.5. The van der Waals surface area contributed by atoms with Crippen LogP contribution in [-0.4, -0.2) is 30.6 Å². The van der Waals surface area contributed by atoms with E-state index in [0.29, 0.717) is 41.6 Å². The van der Waals surface area contributed by atoms with Crippen molar-refractivity contribution in [2.75, 3.05) is 13.7 Å². The van der Waals surface area contributed by atoms with Crippen LogP contribution in [0.25, 0.3) is 0 Å². The molecule has 0 heterocycles. The number of para-hydroxylation sites is 1. The van der Waals surface area contributed by atoms with E-state index in [9.17, 15) is 9.59 Å². The summed E-state index contributed by atoms with van der Waals surface area (Å²) in [7, 11) is 1.61. The number of rotatable bonds is 8. The van der Waals surface area contributed by atoms with Crippen LogP contribution in [0.3, 0.4) is 0 Å². The van der Waals surface area contributed by atoms with Crippen molar-refractivity contribution < 1.29 is 24.2 Å². The number of hydrogen-bond acceptors (Lipinski definition) is 4. The highest BCUT2D eigenvalue weighted by atomic mass is 35.5. The van der Waals surface area contributed by atoms with E-state index in [2.05, 4.69) is 5.32 Å². The van der Waals surface area contributed by atoms with Crippen molar-refractivity contribution in [3.05, 3.63) is 58.6 Å². The smallest absolute Gasteiger partial charge is 0.306 e. The van der Waals surface area contributed by atoms with Gasteiger partial charge in [0.05, 0.1) is 18.1 Å². The summed E-state index contributed by atoms with van der Waals surface area (Å²) in [4.78, 5) is 23.6. The second kappa shape index (κ2) is 10.5. The molecule has 1 aliphatic rings. The molecule has 0 bridgehead atoms. The Labute approximate surface area is 187 Å². The van der Waals surface area contributed by atoms with E-state index in [-0.39, 0.29) is 17.9 Å². The zero-order valence-corrected chi connectivity index (χ0v) is 18.5. The Kier molecular flexibility index (Phi) is 7.80. The lowest BCUT2D eigenvalue weighted by Gasteiger charge is -2.26. The standard InChI is InChI=1S/C24H28ClNO5/c1-15(19-5-3-4-6-21(19)30-2)31-22-12-11-18(13-20(22)25)23(27)26-14-16-7-9-17(10-8-16)24(28)29/h3-6,11-13,15-17H,7-10,14H2,1-2H3,(H,26,27)(H,28,29). The van der Waals surface area contributed by atoms with Crippen LogP contribution in [0.1, 0.15) is 54.6 Å². The van der Waals surface area contributed by atoms with Crippen LogP contribution in [0.2, 0.25) is 5.02 Å². The van der Waals surface area contributed by atoms with Crippen molar-refractivity contribution in [2.24, 2.45) is 11.8 Å². The molecule has 1 fully saturated rings. The number of amides is 1. The van der Waals surface area contributed by atoms with Gasteiger partial charge in [0.15, 0.2) is 0 Å². The third-order valence-corrected chi connectivity index (χ3v) is 6.12. The highest BCUT2D eigenvalue weighted by Crippen LogP contribution is 2.33. The molecular weight excluding hydrogens is 418 g/mol. The van der Waals surface area contributed by atoms with Crippen LogP contribution in [0.4, 0.5) is 0 Å². The number of halogens is 1. The summed E-state index contributed by atoms with van der Waals surface area (Å²) in [5.41, 5.74) is 1.36. The highest BCUT2D eigenvalue weighted by molar-refractivity contribution is 6.32. The normalized spacial score (nSPS) is 19.3. The van der Waals surface area contributed by atoms with Gasteiger partial charge in [-0.15, -0.1) is 0 Å². The quantitative estimate of drug-likeness (QED) is 0.589. The first-order chi connectivity index (χ1) is 14.9. The Hall–Kier alpha value is -2.73. The predicted octanol–water partition coefficient (Wildman–Crippen LogP) is 5.11. The number of aliphatic carboxylic acids is 1. The van der Waals surface area contributed by atoms with E-state index in [1.165, 1.54) is 0 Å². The van der Waals surface area contributed by atoms with Crippen molar-refractivity contribution in [2.45, 2.75) is 38.7 Å². The molecular formula is C24H28ClNO5. The summed E-state index contributed by atoms with van der Waals surface area (Å²) < 4.78 is 11.4. The Morgan fingerprint density at radius 3 is 2.48 bits per heavy atom. The molecule has 7 heteroatoms. The SMILES string of the molecule is COc1ccccc1C(C)Oc1ccc(C(=O)NCC2CCC(C(=O)O)CC2)cc1Cl. The van der Waals surface area contributed by atoms with Crippen molar-refractivity contribution in [1.29, 1.82) is 0 Å². The van der Waals surface area contributed by atoms with Gasteiger partial charge in [-0.3, -0.25) is 9.59 Å². The van der Waals surface area contributed by atoms with Gasteiger partial charge in [0.2, 0.25) is 0 Å². The monoisotopic (exact) mass is 445 g/mol. The van der Waals surface area contributed by atoms with Crippen LogP contribution in [0.5, 0.6) is 11.5 Å². The van der Waals surface area contributed by atoms with Crippen LogP contribution >= 0.6 is 11.6 Å². The van der Waals surface area contributed by atoms with Crippen LogP contribution in [0.15, 0.2) is 42.5 Å².